The zero-order valence-corrected chi connectivity index (χ0v) is 9.09. The molecule has 0 spiro atoms. The predicted molar refractivity (Wildman–Crippen MR) is 54.4 cm³/mol. The molecule has 0 amide bonds. The summed E-state index contributed by atoms with van der Waals surface area (Å²) in [5, 5.41) is 0. The zero-order valence-electron chi connectivity index (χ0n) is 9.09. The second-order valence-electron chi connectivity index (χ2n) is 4.37. The van der Waals surface area contributed by atoms with Crippen LogP contribution in [0, 0.1) is 11.3 Å². The van der Waals surface area contributed by atoms with Crippen LogP contribution < -0.4 is 0 Å². The quantitative estimate of drug-likeness (QED) is 0.485. The molecule has 0 bridgehead atoms. The van der Waals surface area contributed by atoms with Crippen molar-refractivity contribution in [3.8, 4) is 0 Å². The van der Waals surface area contributed by atoms with Gasteiger partial charge in [-0.25, -0.2) is 0 Å². The Hall–Kier alpha value is -0.790. The van der Waals surface area contributed by atoms with Gasteiger partial charge in [0.25, 0.3) is 0 Å². The molecule has 0 fully saturated rings. The Morgan fingerprint density at radius 3 is 2.46 bits per heavy atom. The van der Waals surface area contributed by atoms with Gasteiger partial charge in [0, 0.05) is 0 Å². The first-order valence-corrected chi connectivity index (χ1v) is 4.68. The van der Waals surface area contributed by atoms with Crippen molar-refractivity contribution in [2.45, 2.75) is 34.1 Å². The molecular formula is C11H20O2. The molecule has 0 aromatic rings. The highest BCUT2D eigenvalue weighted by atomic mass is 16.5. The zero-order chi connectivity index (χ0) is 10.5. The van der Waals surface area contributed by atoms with E-state index in [0.29, 0.717) is 18.9 Å². The van der Waals surface area contributed by atoms with E-state index in [9.17, 15) is 4.79 Å². The number of carbonyl (C=O) groups excluding carboxylic acids is 1. The molecule has 0 saturated heterocycles. The van der Waals surface area contributed by atoms with Crippen molar-refractivity contribution in [1.29, 1.82) is 0 Å². The molecule has 0 saturated carbocycles. The van der Waals surface area contributed by atoms with Crippen LogP contribution in [0.1, 0.15) is 34.1 Å². The van der Waals surface area contributed by atoms with Gasteiger partial charge in [-0.3, -0.25) is 4.79 Å². The van der Waals surface area contributed by atoms with Gasteiger partial charge in [0.2, 0.25) is 0 Å². The smallest absolute Gasteiger partial charge is 0.311 e. The monoisotopic (exact) mass is 184 g/mol. The summed E-state index contributed by atoms with van der Waals surface area (Å²) in [6, 6.07) is 0. The van der Waals surface area contributed by atoms with E-state index >= 15 is 0 Å². The number of rotatable bonds is 5. The van der Waals surface area contributed by atoms with Crippen molar-refractivity contribution in [2.75, 3.05) is 6.61 Å². The van der Waals surface area contributed by atoms with E-state index in [2.05, 4.69) is 6.58 Å². The van der Waals surface area contributed by atoms with E-state index in [1.807, 2.05) is 27.7 Å². The van der Waals surface area contributed by atoms with Crippen molar-refractivity contribution >= 4 is 5.97 Å². The second-order valence-corrected chi connectivity index (χ2v) is 4.37. The maximum absolute atomic E-state index is 11.5. The van der Waals surface area contributed by atoms with Gasteiger partial charge in [-0.15, -0.1) is 6.58 Å². The maximum atomic E-state index is 11.5. The average Bonchev–Trinajstić information content (AvgIpc) is 1.99. The summed E-state index contributed by atoms with van der Waals surface area (Å²) in [4.78, 5) is 11.5. The lowest BCUT2D eigenvalue weighted by Gasteiger charge is -2.21. The first kappa shape index (κ1) is 12.2. The third kappa shape index (κ3) is 4.71. The first-order chi connectivity index (χ1) is 5.90. The van der Waals surface area contributed by atoms with Gasteiger partial charge in [0.1, 0.15) is 0 Å². The van der Waals surface area contributed by atoms with Crippen LogP contribution >= 0.6 is 0 Å². The van der Waals surface area contributed by atoms with Gasteiger partial charge < -0.3 is 4.74 Å². The van der Waals surface area contributed by atoms with Gasteiger partial charge in [0.05, 0.1) is 12.0 Å². The minimum absolute atomic E-state index is 0.138. The third-order valence-corrected chi connectivity index (χ3v) is 1.75. The van der Waals surface area contributed by atoms with Crippen molar-refractivity contribution in [3.63, 3.8) is 0 Å². The van der Waals surface area contributed by atoms with Crippen LogP contribution in [0.3, 0.4) is 0 Å². The SMILES string of the molecule is C=CCC(C)(C)C(=O)OCC(C)C. The maximum Gasteiger partial charge on any atom is 0.311 e. The topological polar surface area (TPSA) is 26.3 Å². The normalized spacial score (nSPS) is 11.5. The minimum atomic E-state index is -0.434. The summed E-state index contributed by atoms with van der Waals surface area (Å²) in [6.07, 6.45) is 2.40. The highest BCUT2D eigenvalue weighted by Crippen LogP contribution is 2.22. The summed E-state index contributed by atoms with van der Waals surface area (Å²) in [6.45, 7) is 11.9. The fourth-order valence-corrected chi connectivity index (χ4v) is 0.882. The molecule has 0 rings (SSSR count). The van der Waals surface area contributed by atoms with Crippen molar-refractivity contribution in [3.05, 3.63) is 12.7 Å². The Labute approximate surface area is 81.0 Å². The molecular weight excluding hydrogens is 164 g/mol. The molecule has 0 aromatic heterocycles. The highest BCUT2D eigenvalue weighted by Gasteiger charge is 2.27. The molecule has 0 aliphatic heterocycles. The van der Waals surface area contributed by atoms with E-state index < -0.39 is 5.41 Å². The van der Waals surface area contributed by atoms with E-state index in [-0.39, 0.29) is 5.97 Å². The third-order valence-electron chi connectivity index (χ3n) is 1.75. The molecule has 0 radical (unpaired) electrons. The molecule has 0 N–H and O–H groups in total. The van der Waals surface area contributed by atoms with Crippen LogP contribution in [-0.4, -0.2) is 12.6 Å². The summed E-state index contributed by atoms with van der Waals surface area (Å²) in [5.41, 5.74) is -0.434. The van der Waals surface area contributed by atoms with E-state index in [4.69, 9.17) is 4.74 Å². The van der Waals surface area contributed by atoms with Crippen LogP contribution in [0.25, 0.3) is 0 Å². The molecule has 2 heteroatoms. The Bertz CT molecular complexity index is 181. The molecule has 76 valence electrons. The van der Waals surface area contributed by atoms with Gasteiger partial charge in [-0.1, -0.05) is 19.9 Å². The average molecular weight is 184 g/mol. The Kier molecular flexibility index (Phi) is 4.74. The standard InChI is InChI=1S/C11H20O2/c1-6-7-11(4,5)10(12)13-8-9(2)3/h6,9H,1,7-8H2,2-5H3. The molecule has 13 heavy (non-hydrogen) atoms. The van der Waals surface area contributed by atoms with Gasteiger partial charge in [-0.2, -0.15) is 0 Å². The summed E-state index contributed by atoms with van der Waals surface area (Å²) >= 11 is 0. The Morgan fingerprint density at radius 2 is 2.08 bits per heavy atom. The van der Waals surface area contributed by atoms with Crippen LogP contribution in [0.15, 0.2) is 12.7 Å². The van der Waals surface area contributed by atoms with E-state index in [1.165, 1.54) is 0 Å². The van der Waals surface area contributed by atoms with Crippen molar-refractivity contribution < 1.29 is 9.53 Å². The molecule has 0 aliphatic carbocycles. The number of hydrogen-bond acceptors (Lipinski definition) is 2. The highest BCUT2D eigenvalue weighted by molar-refractivity contribution is 5.76. The number of allylic oxidation sites excluding steroid dienone is 1. The summed E-state index contributed by atoms with van der Waals surface area (Å²) in [7, 11) is 0. The minimum Gasteiger partial charge on any atom is -0.465 e. The van der Waals surface area contributed by atoms with Crippen molar-refractivity contribution in [2.24, 2.45) is 11.3 Å². The van der Waals surface area contributed by atoms with Crippen LogP contribution in [-0.2, 0) is 9.53 Å². The van der Waals surface area contributed by atoms with Gasteiger partial charge in [-0.05, 0) is 26.2 Å². The van der Waals surface area contributed by atoms with E-state index in [0.717, 1.165) is 0 Å². The van der Waals surface area contributed by atoms with E-state index in [1.54, 1.807) is 6.08 Å². The number of hydrogen-bond donors (Lipinski definition) is 0. The molecule has 0 heterocycles. The fourth-order valence-electron chi connectivity index (χ4n) is 0.882. The first-order valence-electron chi connectivity index (χ1n) is 4.68. The Morgan fingerprint density at radius 1 is 1.54 bits per heavy atom. The second kappa shape index (κ2) is 5.05. The molecule has 0 aromatic carbocycles. The Balaban J connectivity index is 4.01. The van der Waals surface area contributed by atoms with Gasteiger partial charge in [0.15, 0.2) is 0 Å². The predicted octanol–water partition coefficient (Wildman–Crippen LogP) is 2.79. The van der Waals surface area contributed by atoms with Crippen molar-refractivity contribution in [1.82, 2.24) is 0 Å². The molecule has 0 unspecified atom stereocenters. The van der Waals surface area contributed by atoms with Crippen LogP contribution in [0.2, 0.25) is 0 Å². The summed E-state index contributed by atoms with van der Waals surface area (Å²) < 4.78 is 5.13. The number of ether oxygens (including phenoxy) is 1. The molecule has 2 nitrogen and oxygen atoms in total. The summed E-state index contributed by atoms with van der Waals surface area (Å²) in [5.74, 6) is 0.254. The molecule has 0 atom stereocenters. The largest absolute Gasteiger partial charge is 0.465 e. The lowest BCUT2D eigenvalue weighted by molar-refractivity contribution is -0.154. The lowest BCUT2D eigenvalue weighted by Crippen LogP contribution is -2.27. The number of carbonyl (C=O) groups is 1. The van der Waals surface area contributed by atoms with Crippen LogP contribution in [0.5, 0.6) is 0 Å². The lowest BCUT2D eigenvalue weighted by atomic mass is 9.90. The van der Waals surface area contributed by atoms with Gasteiger partial charge >= 0.3 is 5.97 Å². The molecule has 0 aliphatic rings. The fraction of sp³-hybridized carbons (Fsp3) is 0.727. The van der Waals surface area contributed by atoms with Crippen LogP contribution in [0.4, 0.5) is 0 Å². The number of esters is 1.